The maximum atomic E-state index is 11.8. The highest BCUT2D eigenvalue weighted by atomic mass is 16.4. The van der Waals surface area contributed by atoms with Gasteiger partial charge in [-0.2, -0.15) is 5.10 Å². The highest BCUT2D eigenvalue weighted by Crippen LogP contribution is 2.18. The van der Waals surface area contributed by atoms with Gasteiger partial charge in [0.1, 0.15) is 0 Å². The number of hydrogen-bond acceptors (Lipinski definition) is 4. The molecular weight excluding hydrogens is 300 g/mol. The fourth-order valence-electron chi connectivity index (χ4n) is 1.72. The molecule has 128 valence electrons. The molecule has 2 amide bonds. The Hall–Kier alpha value is -2.38. The van der Waals surface area contributed by atoms with Crippen LogP contribution in [0.3, 0.4) is 0 Å². The van der Waals surface area contributed by atoms with Crippen molar-refractivity contribution in [2.75, 3.05) is 11.9 Å². The van der Waals surface area contributed by atoms with Crippen molar-refractivity contribution in [1.82, 2.24) is 15.1 Å². The molecule has 1 aromatic heterocycles. The molecule has 8 heteroatoms. The normalized spacial score (nSPS) is 11.9. The van der Waals surface area contributed by atoms with E-state index in [4.69, 9.17) is 5.11 Å². The SMILES string of the molecule is CC(C)(C)CC(=O)NCC(=O)Nc1cnn(C(C)(C)C(=O)O)c1. The van der Waals surface area contributed by atoms with E-state index in [0.717, 1.165) is 0 Å². The van der Waals surface area contributed by atoms with Gasteiger partial charge in [-0.25, -0.2) is 4.79 Å². The van der Waals surface area contributed by atoms with Gasteiger partial charge in [0.25, 0.3) is 0 Å². The molecule has 0 saturated heterocycles. The topological polar surface area (TPSA) is 113 Å². The minimum absolute atomic E-state index is 0.149. The molecule has 0 aromatic carbocycles. The highest BCUT2D eigenvalue weighted by Gasteiger charge is 2.30. The lowest BCUT2D eigenvalue weighted by atomic mass is 9.92. The van der Waals surface area contributed by atoms with Crippen molar-refractivity contribution in [3.8, 4) is 0 Å². The molecule has 0 aliphatic heterocycles. The predicted molar refractivity (Wildman–Crippen MR) is 84.9 cm³/mol. The summed E-state index contributed by atoms with van der Waals surface area (Å²) in [6, 6.07) is 0. The van der Waals surface area contributed by atoms with Crippen LogP contribution in [0.25, 0.3) is 0 Å². The van der Waals surface area contributed by atoms with Crippen LogP contribution >= 0.6 is 0 Å². The smallest absolute Gasteiger partial charge is 0.331 e. The van der Waals surface area contributed by atoms with Crippen LogP contribution in [0, 0.1) is 5.41 Å². The van der Waals surface area contributed by atoms with Crippen molar-refractivity contribution in [1.29, 1.82) is 0 Å². The summed E-state index contributed by atoms with van der Waals surface area (Å²) in [5.41, 5.74) is -0.997. The van der Waals surface area contributed by atoms with E-state index < -0.39 is 17.4 Å². The number of aromatic nitrogens is 2. The summed E-state index contributed by atoms with van der Waals surface area (Å²) in [6.45, 7) is 8.66. The molecule has 1 heterocycles. The van der Waals surface area contributed by atoms with Gasteiger partial charge >= 0.3 is 5.97 Å². The van der Waals surface area contributed by atoms with Gasteiger partial charge in [0, 0.05) is 12.6 Å². The van der Waals surface area contributed by atoms with Crippen LogP contribution < -0.4 is 10.6 Å². The minimum Gasteiger partial charge on any atom is -0.479 e. The number of amides is 2. The van der Waals surface area contributed by atoms with Gasteiger partial charge in [0.2, 0.25) is 11.8 Å². The lowest BCUT2D eigenvalue weighted by Gasteiger charge is -2.19. The third-order valence-corrected chi connectivity index (χ3v) is 3.10. The Morgan fingerprint density at radius 1 is 1.17 bits per heavy atom. The predicted octanol–water partition coefficient (Wildman–Crippen LogP) is 1.19. The number of aliphatic carboxylic acids is 1. The van der Waals surface area contributed by atoms with E-state index in [1.807, 2.05) is 20.8 Å². The third kappa shape index (κ3) is 5.72. The number of nitrogens with one attached hydrogen (secondary N) is 2. The Kier molecular flexibility index (Phi) is 5.52. The van der Waals surface area contributed by atoms with E-state index in [2.05, 4.69) is 15.7 Å². The second kappa shape index (κ2) is 6.80. The molecule has 0 bridgehead atoms. The fraction of sp³-hybridized carbons (Fsp3) is 0.600. The monoisotopic (exact) mass is 324 g/mol. The standard InChI is InChI=1S/C15H24N4O4/c1-14(2,3)6-11(20)16-8-12(21)18-10-7-17-19(9-10)15(4,5)13(22)23/h7,9H,6,8H2,1-5H3,(H,16,20)(H,18,21)(H,22,23). The molecule has 0 saturated carbocycles. The lowest BCUT2D eigenvalue weighted by Crippen LogP contribution is -2.36. The van der Waals surface area contributed by atoms with Crippen LogP contribution in [0.15, 0.2) is 12.4 Å². The summed E-state index contributed by atoms with van der Waals surface area (Å²) < 4.78 is 1.25. The Balaban J connectivity index is 2.55. The minimum atomic E-state index is -1.22. The molecule has 1 rings (SSSR count). The van der Waals surface area contributed by atoms with Crippen molar-refractivity contribution in [2.24, 2.45) is 5.41 Å². The van der Waals surface area contributed by atoms with Crippen LogP contribution in [0.4, 0.5) is 5.69 Å². The molecule has 0 spiro atoms. The van der Waals surface area contributed by atoms with Crippen LogP contribution in [0.5, 0.6) is 0 Å². The summed E-state index contributed by atoms with van der Waals surface area (Å²) >= 11 is 0. The zero-order chi connectivity index (χ0) is 17.8. The van der Waals surface area contributed by atoms with Crippen LogP contribution in [0.1, 0.15) is 41.0 Å². The summed E-state index contributed by atoms with van der Waals surface area (Å²) in [4.78, 5) is 34.6. The second-order valence-corrected chi connectivity index (χ2v) is 7.10. The molecular formula is C15H24N4O4. The molecule has 0 aliphatic carbocycles. The van der Waals surface area contributed by atoms with E-state index >= 15 is 0 Å². The number of carbonyl (C=O) groups excluding carboxylic acids is 2. The van der Waals surface area contributed by atoms with Gasteiger partial charge in [-0.05, 0) is 19.3 Å². The molecule has 1 aromatic rings. The summed E-state index contributed by atoms with van der Waals surface area (Å²) in [5.74, 6) is -1.64. The average molecular weight is 324 g/mol. The molecule has 23 heavy (non-hydrogen) atoms. The zero-order valence-corrected chi connectivity index (χ0v) is 14.1. The third-order valence-electron chi connectivity index (χ3n) is 3.10. The van der Waals surface area contributed by atoms with Gasteiger partial charge in [-0.1, -0.05) is 20.8 Å². The number of carbonyl (C=O) groups is 3. The van der Waals surface area contributed by atoms with E-state index in [1.165, 1.54) is 30.9 Å². The molecule has 0 unspecified atom stereocenters. The van der Waals surface area contributed by atoms with Crippen molar-refractivity contribution in [3.63, 3.8) is 0 Å². The molecule has 8 nitrogen and oxygen atoms in total. The van der Waals surface area contributed by atoms with Crippen LogP contribution in [0.2, 0.25) is 0 Å². The maximum absolute atomic E-state index is 11.8. The largest absolute Gasteiger partial charge is 0.479 e. The van der Waals surface area contributed by atoms with E-state index in [-0.39, 0.29) is 17.9 Å². The first-order valence-corrected chi connectivity index (χ1v) is 7.27. The van der Waals surface area contributed by atoms with Crippen molar-refractivity contribution < 1.29 is 19.5 Å². The van der Waals surface area contributed by atoms with E-state index in [1.54, 1.807) is 0 Å². The Morgan fingerprint density at radius 2 is 1.78 bits per heavy atom. The lowest BCUT2D eigenvalue weighted by molar-refractivity contribution is -0.146. The summed E-state index contributed by atoms with van der Waals surface area (Å²) in [7, 11) is 0. The number of carboxylic acid groups (broad SMARTS) is 1. The summed E-state index contributed by atoms with van der Waals surface area (Å²) in [6.07, 6.45) is 3.12. The van der Waals surface area contributed by atoms with Crippen molar-refractivity contribution in [3.05, 3.63) is 12.4 Å². The Bertz CT molecular complexity index is 599. The van der Waals surface area contributed by atoms with Gasteiger partial charge < -0.3 is 15.7 Å². The van der Waals surface area contributed by atoms with E-state index in [0.29, 0.717) is 12.1 Å². The number of nitrogens with zero attached hydrogens (tertiary/aromatic N) is 2. The molecule has 3 N–H and O–H groups in total. The molecule has 0 radical (unpaired) electrons. The van der Waals surface area contributed by atoms with Crippen molar-refractivity contribution in [2.45, 2.75) is 46.6 Å². The zero-order valence-electron chi connectivity index (χ0n) is 14.1. The molecule has 0 fully saturated rings. The van der Waals surface area contributed by atoms with Gasteiger partial charge in [-0.3, -0.25) is 14.3 Å². The number of anilines is 1. The first-order chi connectivity index (χ1) is 10.4. The first-order valence-electron chi connectivity index (χ1n) is 7.27. The number of rotatable bonds is 6. The average Bonchev–Trinajstić information content (AvgIpc) is 2.83. The maximum Gasteiger partial charge on any atom is 0.331 e. The van der Waals surface area contributed by atoms with Crippen molar-refractivity contribution >= 4 is 23.5 Å². The second-order valence-electron chi connectivity index (χ2n) is 7.10. The van der Waals surface area contributed by atoms with E-state index in [9.17, 15) is 14.4 Å². The number of hydrogen-bond donors (Lipinski definition) is 3. The quantitative estimate of drug-likeness (QED) is 0.727. The molecule has 0 aliphatic rings. The van der Waals surface area contributed by atoms with Gasteiger partial charge in [-0.15, -0.1) is 0 Å². The van der Waals surface area contributed by atoms with Gasteiger partial charge in [0.05, 0.1) is 18.4 Å². The summed E-state index contributed by atoms with van der Waals surface area (Å²) in [5, 5.41) is 18.2. The van der Waals surface area contributed by atoms with Gasteiger partial charge in [0.15, 0.2) is 5.54 Å². The van der Waals surface area contributed by atoms with Crippen LogP contribution in [-0.4, -0.2) is 39.2 Å². The first kappa shape index (κ1) is 18.7. The fourth-order valence-corrected chi connectivity index (χ4v) is 1.72. The number of carboxylic acids is 1. The highest BCUT2D eigenvalue weighted by molar-refractivity contribution is 5.94. The van der Waals surface area contributed by atoms with Crippen LogP contribution in [-0.2, 0) is 19.9 Å². The molecule has 0 atom stereocenters. The Morgan fingerprint density at radius 3 is 2.30 bits per heavy atom. The Labute approximate surface area is 135 Å².